The molecular formula is C66H93N19O17S2. The Balaban J connectivity index is 1.61. The number of carbonyl (C=O) groups is 14. The number of primary amides is 2. The molecule has 0 unspecified atom stereocenters. The van der Waals surface area contributed by atoms with Crippen LogP contribution in [0, 0.1) is 11.3 Å². The highest BCUT2D eigenvalue weighted by Crippen LogP contribution is 2.25. The highest BCUT2D eigenvalue weighted by Gasteiger charge is 2.37. The largest absolute Gasteiger partial charge is 0.508 e. The van der Waals surface area contributed by atoms with Crippen molar-refractivity contribution in [2.24, 2.45) is 34.6 Å². The minimum absolute atomic E-state index is 0.0343. The topological polar surface area (TPSA) is 605 Å². The Morgan fingerprint density at radius 2 is 1.22 bits per heavy atom. The summed E-state index contributed by atoms with van der Waals surface area (Å²) in [6.45, 7) is 1.94. The molecule has 0 radical (unpaired) electrons. The maximum atomic E-state index is 15.0. The van der Waals surface area contributed by atoms with E-state index in [-0.39, 0.29) is 76.2 Å². The van der Waals surface area contributed by atoms with E-state index in [0.717, 1.165) is 26.5 Å². The minimum atomic E-state index is -1.76. The van der Waals surface area contributed by atoms with Gasteiger partial charge in [-0.2, -0.15) is 0 Å². The zero-order chi connectivity index (χ0) is 76.6. The minimum Gasteiger partial charge on any atom is -0.508 e. The van der Waals surface area contributed by atoms with Crippen molar-refractivity contribution >= 4 is 121 Å². The summed E-state index contributed by atoms with van der Waals surface area (Å²) in [5.74, 6) is -16.0. The van der Waals surface area contributed by atoms with Crippen molar-refractivity contribution in [3.8, 4) is 11.5 Å². The molecule has 4 aromatic rings. The van der Waals surface area contributed by atoms with E-state index in [4.69, 9.17) is 34.1 Å². The molecule has 5 rings (SSSR count). The summed E-state index contributed by atoms with van der Waals surface area (Å²) >= 11 is 0. The van der Waals surface area contributed by atoms with Crippen LogP contribution in [-0.4, -0.2) is 219 Å². The van der Waals surface area contributed by atoms with Gasteiger partial charge in [0.1, 0.15) is 65.9 Å². The SMILES string of the molecule is CC(C)[C@@H]1NC(=O)[C@@H](NC(=O)[C@H](Cc2ccc(O)cc2)NC(=O)CN(CCN)C(=O)CCN)CSSC[C@H](C(N)=O)NC(=O)[C@H](CCC(=O)O)NC(=O)[C@H](Cc2c[nH]c3ccccc23)NC(=O)[C@H](CCC(N)=O)NC(=O)CCNC(=O)[C@H](CCCNC(=N)N)NC(=O)[C@H](Cc2ccc(O)cc2)NC1=O. The van der Waals surface area contributed by atoms with Gasteiger partial charge in [-0.05, 0) is 78.6 Å². The van der Waals surface area contributed by atoms with Gasteiger partial charge in [-0.25, -0.2) is 0 Å². The molecule has 26 N–H and O–H groups in total. The molecule has 9 atom stereocenters. The van der Waals surface area contributed by atoms with Crippen molar-refractivity contribution in [3.63, 3.8) is 0 Å². The van der Waals surface area contributed by atoms with Crippen molar-refractivity contribution in [2.45, 2.75) is 139 Å². The first-order chi connectivity index (χ1) is 49.4. The van der Waals surface area contributed by atoms with Crippen molar-refractivity contribution in [1.29, 1.82) is 5.41 Å². The number of rotatable bonds is 27. The van der Waals surface area contributed by atoms with E-state index in [2.05, 4.69) is 63.5 Å². The Morgan fingerprint density at radius 1 is 0.644 bits per heavy atom. The number of carbonyl (C=O) groups excluding carboxylic acids is 13. The van der Waals surface area contributed by atoms with Gasteiger partial charge < -0.3 is 112 Å². The average molecular weight is 1490 g/mol. The smallest absolute Gasteiger partial charge is 0.303 e. The molecule has 0 aliphatic carbocycles. The van der Waals surface area contributed by atoms with Gasteiger partial charge in [0.25, 0.3) is 0 Å². The van der Waals surface area contributed by atoms with Gasteiger partial charge in [0.2, 0.25) is 76.8 Å². The van der Waals surface area contributed by atoms with Gasteiger partial charge in [-0.15, -0.1) is 0 Å². The predicted molar refractivity (Wildman–Crippen MR) is 383 cm³/mol. The molecule has 0 spiro atoms. The van der Waals surface area contributed by atoms with Crippen LogP contribution < -0.4 is 87.2 Å². The molecule has 104 heavy (non-hydrogen) atoms. The third-order valence-corrected chi connectivity index (χ3v) is 18.6. The van der Waals surface area contributed by atoms with Crippen LogP contribution in [-0.2, 0) is 86.4 Å². The number of aromatic nitrogens is 1. The second-order valence-electron chi connectivity index (χ2n) is 24.7. The van der Waals surface area contributed by atoms with Gasteiger partial charge in [0.15, 0.2) is 5.96 Å². The highest BCUT2D eigenvalue weighted by molar-refractivity contribution is 8.76. The summed E-state index contributed by atoms with van der Waals surface area (Å²) < 4.78 is 0. The molecule has 1 aliphatic rings. The van der Waals surface area contributed by atoms with Gasteiger partial charge >= 0.3 is 5.97 Å². The van der Waals surface area contributed by atoms with E-state index in [0.29, 0.717) is 27.6 Å². The first-order valence-electron chi connectivity index (χ1n) is 33.3. The number of amides is 13. The van der Waals surface area contributed by atoms with Gasteiger partial charge in [0.05, 0.1) is 6.54 Å². The Bertz CT molecular complexity index is 3680. The second-order valence-corrected chi connectivity index (χ2v) is 27.3. The van der Waals surface area contributed by atoms with Crippen LogP contribution in [0.3, 0.4) is 0 Å². The van der Waals surface area contributed by atoms with Crippen LogP contribution >= 0.6 is 21.6 Å². The lowest BCUT2D eigenvalue weighted by Crippen LogP contribution is -2.61. The molecule has 3 aromatic carbocycles. The molecule has 1 saturated heterocycles. The predicted octanol–water partition coefficient (Wildman–Crippen LogP) is -4.46. The molecule has 566 valence electrons. The number of fused-ring (bicyclic) bond motifs is 1. The number of nitrogens with one attached hydrogen (secondary N) is 13. The summed E-state index contributed by atoms with van der Waals surface area (Å²) in [5.41, 5.74) is 30.1. The molecule has 1 fully saturated rings. The summed E-state index contributed by atoms with van der Waals surface area (Å²) in [5, 5.41) is 66.7. The zero-order valence-electron chi connectivity index (χ0n) is 57.4. The molecule has 1 aliphatic heterocycles. The number of carboxylic acids is 1. The summed E-state index contributed by atoms with van der Waals surface area (Å²) in [7, 11) is 1.65. The lowest BCUT2D eigenvalue weighted by molar-refractivity contribution is -0.138. The van der Waals surface area contributed by atoms with Crippen LogP contribution in [0.2, 0.25) is 0 Å². The summed E-state index contributed by atoms with van der Waals surface area (Å²) in [6, 6.07) is 3.66. The molecule has 13 amide bonds. The van der Waals surface area contributed by atoms with Crippen LogP contribution in [0.25, 0.3) is 10.9 Å². The quantitative estimate of drug-likeness (QED) is 0.0116. The number of carboxylic acid groups (broad SMARTS) is 1. The average Bonchev–Trinajstić information content (AvgIpc) is 1.62. The Kier molecular flexibility index (Phi) is 34.4. The molecule has 0 saturated carbocycles. The Hall–Kier alpha value is -10.7. The van der Waals surface area contributed by atoms with E-state index in [1.807, 2.05) is 0 Å². The fourth-order valence-corrected chi connectivity index (χ4v) is 13.0. The Labute approximate surface area is 606 Å². The number of nitrogens with two attached hydrogens (primary N) is 5. The molecule has 2 heterocycles. The van der Waals surface area contributed by atoms with E-state index >= 15 is 0 Å². The van der Waals surface area contributed by atoms with Gasteiger partial charge in [-0.3, -0.25) is 72.5 Å². The number of nitrogens with zero attached hydrogens (tertiary/aromatic N) is 1. The normalized spacial score (nSPS) is 20.6. The molecule has 1 aromatic heterocycles. The number of hydrogen-bond donors (Lipinski definition) is 21. The highest BCUT2D eigenvalue weighted by atomic mass is 33.1. The lowest BCUT2D eigenvalue weighted by Gasteiger charge is -2.29. The van der Waals surface area contributed by atoms with Crippen LogP contribution in [0.5, 0.6) is 11.5 Å². The monoisotopic (exact) mass is 1490 g/mol. The third kappa shape index (κ3) is 28.6. The molecule has 0 bridgehead atoms. The van der Waals surface area contributed by atoms with E-state index in [1.165, 1.54) is 48.5 Å². The number of H-pyrrole nitrogens is 1. The maximum absolute atomic E-state index is 15.0. The number of guanidine groups is 1. The number of aromatic amines is 1. The number of para-hydroxylation sites is 1. The summed E-state index contributed by atoms with van der Waals surface area (Å²) in [4.78, 5) is 199. The lowest BCUT2D eigenvalue weighted by atomic mass is 10.00. The summed E-state index contributed by atoms with van der Waals surface area (Å²) in [6.07, 6.45) is -2.26. The van der Waals surface area contributed by atoms with Gasteiger partial charge in [-0.1, -0.05) is 77.9 Å². The second kappa shape index (κ2) is 42.6. The van der Waals surface area contributed by atoms with E-state index in [1.54, 1.807) is 44.3 Å². The standard InChI is InChI=1S/C66H93N19O17S2/c1-35(2)56-65(102)81-47(29-37-11-15-40(87)16-12-37)62(99)78-43(8-5-25-74-66(71)72)58(95)73-26-22-52(89)76-44(17-19-51(69)88)59(96)80-48(30-38-31-75-42-7-4-3-6-41(38)42)63(100)79-45(18-20-55(92)93)60(97)82-49(57(70)94)33-103-104-34-50(64(101)84-56)83-61(98)46(28-36-9-13-39(86)14-10-36)77-53(90)32-85(27-24-68)54(91)21-23-67/h3-4,6-7,9-16,31,35,43-50,56,75,86-87H,5,8,17-30,32-34,67-68H2,1-2H3,(H2,69,88)(H2,70,94)(H,73,95)(H,76,89)(H,77,90)(H,78,99)(H,79,100)(H,80,96)(H,81,102)(H,82,97)(H,83,98)(H,84,101)(H,92,93)(H4,71,72,74)/t43-,44-,45-,46-,47-,48-,49+,50-,56-/m0/s1. The number of benzene rings is 3. The zero-order valence-corrected chi connectivity index (χ0v) is 59.1. The first-order valence-corrected chi connectivity index (χ1v) is 35.8. The molecule has 36 nitrogen and oxygen atoms in total. The van der Waals surface area contributed by atoms with Crippen molar-refractivity contribution in [2.75, 3.05) is 50.8 Å². The van der Waals surface area contributed by atoms with Crippen LogP contribution in [0.15, 0.2) is 79.0 Å². The molecule has 38 heteroatoms. The number of aromatic hydroxyl groups is 2. The van der Waals surface area contributed by atoms with E-state index in [9.17, 15) is 82.4 Å². The van der Waals surface area contributed by atoms with Gasteiger partial charge in [0, 0.05) is 106 Å². The van der Waals surface area contributed by atoms with Crippen molar-refractivity contribution in [1.82, 2.24) is 68.4 Å². The van der Waals surface area contributed by atoms with Crippen molar-refractivity contribution in [3.05, 3.63) is 95.7 Å². The molecular weight excluding hydrogens is 1390 g/mol. The van der Waals surface area contributed by atoms with E-state index < -0.39 is 206 Å². The number of phenols is 2. The number of aliphatic carboxylic acids is 1. The third-order valence-electron chi connectivity index (χ3n) is 16.2. The fraction of sp³-hybridized carbons (Fsp3) is 0.470. The fourth-order valence-electron chi connectivity index (χ4n) is 10.6. The first kappa shape index (κ1) is 83.9. The van der Waals surface area contributed by atoms with Crippen LogP contribution in [0.1, 0.15) is 81.9 Å². The van der Waals surface area contributed by atoms with Crippen LogP contribution in [0.4, 0.5) is 0 Å². The maximum Gasteiger partial charge on any atom is 0.303 e. The Morgan fingerprint density at radius 3 is 1.84 bits per heavy atom. The number of hydrogen-bond acceptors (Lipinski definition) is 21. The van der Waals surface area contributed by atoms with Crippen molar-refractivity contribution < 1.29 is 82.4 Å². The number of phenolic OH excluding ortho intramolecular Hbond substituents is 2.